The summed E-state index contributed by atoms with van der Waals surface area (Å²) >= 11 is 0. The molecular formula is C15H14N4O3. The molecule has 0 aliphatic carbocycles. The van der Waals surface area contributed by atoms with Crippen molar-refractivity contribution in [2.75, 3.05) is 16.8 Å². The molecule has 2 rings (SSSR count). The van der Waals surface area contributed by atoms with Crippen molar-refractivity contribution in [3.63, 3.8) is 0 Å². The fraction of sp³-hybridized carbons (Fsp3) is 0.200. The summed E-state index contributed by atoms with van der Waals surface area (Å²) < 4.78 is 4.91. The van der Waals surface area contributed by atoms with Gasteiger partial charge in [0.15, 0.2) is 5.82 Å². The Balaban J connectivity index is 2.05. The molecule has 1 aromatic heterocycles. The van der Waals surface area contributed by atoms with E-state index in [1.807, 2.05) is 6.07 Å². The van der Waals surface area contributed by atoms with Crippen LogP contribution in [0.5, 0.6) is 0 Å². The maximum Gasteiger partial charge on any atom is 0.244 e. The van der Waals surface area contributed by atoms with Gasteiger partial charge in [-0.1, -0.05) is 5.16 Å². The van der Waals surface area contributed by atoms with Gasteiger partial charge in [-0.05, 0) is 31.2 Å². The first kappa shape index (κ1) is 15.3. The highest BCUT2D eigenvalue weighted by Crippen LogP contribution is 2.14. The SMILES string of the molecule is CC(=O)N(CC(=O)Nc1ccc(C#N)cc1)c1cc(C)on1. The second-order valence-corrected chi connectivity index (χ2v) is 4.64. The summed E-state index contributed by atoms with van der Waals surface area (Å²) in [4.78, 5) is 24.9. The van der Waals surface area contributed by atoms with Gasteiger partial charge in [-0.2, -0.15) is 5.26 Å². The molecule has 0 aliphatic rings. The first-order chi connectivity index (χ1) is 10.5. The fourth-order valence-electron chi connectivity index (χ4n) is 1.81. The van der Waals surface area contributed by atoms with Crippen LogP contribution in [0, 0.1) is 18.3 Å². The summed E-state index contributed by atoms with van der Waals surface area (Å²) in [6.07, 6.45) is 0. The molecule has 0 saturated carbocycles. The minimum atomic E-state index is -0.374. The summed E-state index contributed by atoms with van der Waals surface area (Å²) in [6.45, 7) is 2.87. The highest BCUT2D eigenvalue weighted by atomic mass is 16.5. The number of nitrogens with one attached hydrogen (secondary N) is 1. The van der Waals surface area contributed by atoms with Gasteiger partial charge in [0, 0.05) is 18.7 Å². The number of nitriles is 1. The molecule has 1 heterocycles. The van der Waals surface area contributed by atoms with Crippen molar-refractivity contribution >= 4 is 23.3 Å². The summed E-state index contributed by atoms with van der Waals surface area (Å²) in [5, 5.41) is 15.1. The van der Waals surface area contributed by atoms with Crippen LogP contribution < -0.4 is 10.2 Å². The average Bonchev–Trinajstić information content (AvgIpc) is 2.91. The van der Waals surface area contributed by atoms with Gasteiger partial charge in [0.05, 0.1) is 11.6 Å². The largest absolute Gasteiger partial charge is 0.360 e. The van der Waals surface area contributed by atoms with Gasteiger partial charge in [0.2, 0.25) is 11.8 Å². The lowest BCUT2D eigenvalue weighted by molar-refractivity contribution is -0.120. The van der Waals surface area contributed by atoms with Gasteiger partial charge in [0.1, 0.15) is 12.3 Å². The van der Waals surface area contributed by atoms with Crippen molar-refractivity contribution in [2.45, 2.75) is 13.8 Å². The van der Waals surface area contributed by atoms with E-state index in [-0.39, 0.29) is 18.4 Å². The van der Waals surface area contributed by atoms with Crippen LogP contribution in [0.25, 0.3) is 0 Å². The van der Waals surface area contributed by atoms with E-state index in [1.165, 1.54) is 11.8 Å². The molecule has 7 heteroatoms. The third-order valence-electron chi connectivity index (χ3n) is 2.87. The molecule has 0 radical (unpaired) electrons. The van der Waals surface area contributed by atoms with Crippen LogP contribution in [-0.2, 0) is 9.59 Å². The number of nitrogens with zero attached hydrogens (tertiary/aromatic N) is 3. The lowest BCUT2D eigenvalue weighted by Gasteiger charge is -2.17. The summed E-state index contributed by atoms with van der Waals surface area (Å²) in [6, 6.07) is 10.0. The number of benzene rings is 1. The molecule has 0 atom stereocenters. The van der Waals surface area contributed by atoms with E-state index in [2.05, 4.69) is 10.5 Å². The molecule has 7 nitrogen and oxygen atoms in total. The van der Waals surface area contributed by atoms with Gasteiger partial charge in [-0.3, -0.25) is 14.5 Å². The number of amides is 2. The molecule has 0 unspecified atom stereocenters. The normalized spacial score (nSPS) is 9.86. The van der Waals surface area contributed by atoms with Gasteiger partial charge in [-0.15, -0.1) is 0 Å². The predicted molar refractivity (Wildman–Crippen MR) is 79.1 cm³/mol. The zero-order valence-corrected chi connectivity index (χ0v) is 12.2. The Morgan fingerprint density at radius 1 is 1.36 bits per heavy atom. The molecule has 0 fully saturated rings. The third kappa shape index (κ3) is 3.70. The summed E-state index contributed by atoms with van der Waals surface area (Å²) in [5.41, 5.74) is 1.05. The van der Waals surface area contributed by atoms with Crippen molar-refractivity contribution in [3.8, 4) is 6.07 Å². The van der Waals surface area contributed by atoms with Crippen molar-refractivity contribution in [3.05, 3.63) is 41.7 Å². The second kappa shape index (κ2) is 6.54. The fourth-order valence-corrected chi connectivity index (χ4v) is 1.81. The molecular weight excluding hydrogens is 284 g/mol. The van der Waals surface area contributed by atoms with Crippen LogP contribution in [0.15, 0.2) is 34.9 Å². The lowest BCUT2D eigenvalue weighted by atomic mass is 10.2. The average molecular weight is 298 g/mol. The predicted octanol–water partition coefficient (Wildman–Crippen LogP) is 1.85. The second-order valence-electron chi connectivity index (χ2n) is 4.64. The third-order valence-corrected chi connectivity index (χ3v) is 2.87. The molecule has 0 spiro atoms. The van der Waals surface area contributed by atoms with Crippen LogP contribution in [0.1, 0.15) is 18.2 Å². The van der Waals surface area contributed by atoms with Gasteiger partial charge < -0.3 is 9.84 Å². The van der Waals surface area contributed by atoms with Gasteiger partial charge >= 0.3 is 0 Å². The number of anilines is 2. The monoisotopic (exact) mass is 298 g/mol. The van der Waals surface area contributed by atoms with E-state index in [9.17, 15) is 9.59 Å². The van der Waals surface area contributed by atoms with Crippen LogP contribution in [0.3, 0.4) is 0 Å². The number of carbonyl (C=O) groups is 2. The Morgan fingerprint density at radius 3 is 2.55 bits per heavy atom. The Kier molecular flexibility index (Phi) is 4.53. The van der Waals surface area contributed by atoms with Gasteiger partial charge in [-0.25, -0.2) is 0 Å². The van der Waals surface area contributed by atoms with E-state index in [4.69, 9.17) is 9.78 Å². The summed E-state index contributed by atoms with van der Waals surface area (Å²) in [7, 11) is 0. The molecule has 112 valence electrons. The number of hydrogen-bond donors (Lipinski definition) is 1. The van der Waals surface area contributed by atoms with Crippen molar-refractivity contribution in [2.24, 2.45) is 0 Å². The highest BCUT2D eigenvalue weighted by Gasteiger charge is 2.19. The Labute approximate surface area is 127 Å². The first-order valence-electron chi connectivity index (χ1n) is 6.51. The molecule has 2 amide bonds. The number of aryl methyl sites for hydroxylation is 1. The van der Waals surface area contributed by atoms with Crippen molar-refractivity contribution in [1.29, 1.82) is 5.26 Å². The lowest BCUT2D eigenvalue weighted by Crippen LogP contribution is -2.36. The Hall–Kier alpha value is -3.14. The molecule has 2 aromatic rings. The molecule has 22 heavy (non-hydrogen) atoms. The first-order valence-corrected chi connectivity index (χ1v) is 6.51. The maximum absolute atomic E-state index is 12.0. The molecule has 0 bridgehead atoms. The van der Waals surface area contributed by atoms with E-state index in [0.29, 0.717) is 22.8 Å². The number of hydrogen-bond acceptors (Lipinski definition) is 5. The molecule has 0 saturated heterocycles. The van der Waals surface area contributed by atoms with Crippen molar-refractivity contribution < 1.29 is 14.1 Å². The summed E-state index contributed by atoms with van der Waals surface area (Å²) in [5.74, 6) is 0.151. The van der Waals surface area contributed by atoms with Crippen molar-refractivity contribution in [1.82, 2.24) is 5.16 Å². The van der Waals surface area contributed by atoms with Crippen LogP contribution >= 0.6 is 0 Å². The Morgan fingerprint density at radius 2 is 2.05 bits per heavy atom. The molecule has 1 N–H and O–H groups in total. The van der Waals surface area contributed by atoms with E-state index in [0.717, 1.165) is 0 Å². The smallest absolute Gasteiger partial charge is 0.244 e. The minimum absolute atomic E-state index is 0.179. The van der Waals surface area contributed by atoms with E-state index < -0.39 is 0 Å². The quantitative estimate of drug-likeness (QED) is 0.928. The van der Waals surface area contributed by atoms with Crippen LogP contribution in [0.2, 0.25) is 0 Å². The highest BCUT2D eigenvalue weighted by molar-refractivity contribution is 6.01. The molecule has 1 aromatic carbocycles. The zero-order chi connectivity index (χ0) is 16.1. The maximum atomic E-state index is 12.0. The standard InChI is InChI=1S/C15H14N4O3/c1-10-7-14(18-22-10)19(11(2)20)9-15(21)17-13-5-3-12(8-16)4-6-13/h3-7H,9H2,1-2H3,(H,17,21). The topological polar surface area (TPSA) is 99.2 Å². The number of rotatable bonds is 4. The van der Waals surface area contributed by atoms with E-state index >= 15 is 0 Å². The Bertz CT molecular complexity index is 728. The van der Waals surface area contributed by atoms with E-state index in [1.54, 1.807) is 37.3 Å². The minimum Gasteiger partial charge on any atom is -0.360 e. The van der Waals surface area contributed by atoms with Gasteiger partial charge in [0.25, 0.3) is 0 Å². The van der Waals surface area contributed by atoms with Crippen LogP contribution in [-0.4, -0.2) is 23.5 Å². The zero-order valence-electron chi connectivity index (χ0n) is 12.2. The number of carbonyl (C=O) groups excluding carboxylic acids is 2. The van der Waals surface area contributed by atoms with Crippen LogP contribution in [0.4, 0.5) is 11.5 Å². The number of aromatic nitrogens is 1. The molecule has 0 aliphatic heterocycles.